The summed E-state index contributed by atoms with van der Waals surface area (Å²) >= 11 is 7.68. The summed E-state index contributed by atoms with van der Waals surface area (Å²) in [6.45, 7) is 7.02. The molecule has 0 radical (unpaired) electrons. The summed E-state index contributed by atoms with van der Waals surface area (Å²) < 4.78 is 10.3. The molecule has 1 aromatic heterocycles. The Balaban J connectivity index is 0.990. The van der Waals surface area contributed by atoms with E-state index < -0.39 is 0 Å². The molecular formula is C73H53B2N5OS2. The minimum atomic E-state index is -0.300. The number of hydrogen-bond acceptors (Lipinski definition) is 8. The molecule has 394 valence electrons. The number of benzene rings is 11. The molecule has 15 rings (SSSR count). The van der Waals surface area contributed by atoms with Gasteiger partial charge in [-0.3, -0.25) is 0 Å². The van der Waals surface area contributed by atoms with E-state index in [1.165, 1.54) is 20.6 Å². The molecule has 0 fully saturated rings. The summed E-state index contributed by atoms with van der Waals surface area (Å²) in [4.78, 5) is 12.7. The molecule has 0 saturated heterocycles. The van der Waals surface area contributed by atoms with Crippen molar-refractivity contribution in [2.45, 2.75) is 6.82 Å². The number of nitrogens with zero attached hydrogens (tertiary/aromatic N) is 5. The molecule has 0 spiro atoms. The van der Waals surface area contributed by atoms with Gasteiger partial charge in [0.05, 0.1) is 22.8 Å². The van der Waals surface area contributed by atoms with Crippen molar-refractivity contribution in [3.63, 3.8) is 0 Å². The second-order valence-corrected chi connectivity index (χ2v) is 22.6. The van der Waals surface area contributed by atoms with E-state index in [9.17, 15) is 0 Å². The van der Waals surface area contributed by atoms with Crippen molar-refractivity contribution in [2.24, 2.45) is 0 Å². The standard InChI is InChI=1S/C73H53B2N5OS2/c1-50(81-66-49-59(77(53-32-14-5-15-33-53)54-34-16-6-17-35-54)48-65-69(66)74(2)73-71(60-42-24-27-45-67(60)83-73)80(65)57-40-22-9-23-41-57)70-72(82)75-61-43-25-26-44-62(61)78(55-36-18-7-19-37-55)63-46-58(47-64(68(63)75)79(70)56-38-20-8-21-39-56)76(51-28-10-3-11-29-51)52-30-12-4-13-31-52/h3-49,82H,1H2,2H3. The number of fused-ring (bicyclic) bond motifs is 6. The normalized spacial score (nSPS) is 13.1. The van der Waals surface area contributed by atoms with Crippen LogP contribution in [0, 0.1) is 0 Å². The number of thiol groups is 1. The van der Waals surface area contributed by atoms with Crippen molar-refractivity contribution in [2.75, 3.05) is 24.5 Å². The van der Waals surface area contributed by atoms with Gasteiger partial charge in [-0.1, -0.05) is 177 Å². The van der Waals surface area contributed by atoms with Gasteiger partial charge in [-0.25, -0.2) is 0 Å². The van der Waals surface area contributed by atoms with Crippen LogP contribution in [0.25, 0.3) is 10.1 Å². The molecule has 0 amide bonds. The Morgan fingerprint density at radius 1 is 0.434 bits per heavy atom. The Kier molecular flexibility index (Phi) is 12.6. The fourth-order valence-corrected chi connectivity index (χ4v) is 14.5. The van der Waals surface area contributed by atoms with Crippen LogP contribution in [0.4, 0.5) is 79.6 Å². The van der Waals surface area contributed by atoms with Gasteiger partial charge in [0.25, 0.3) is 6.71 Å². The number of anilines is 14. The predicted molar refractivity (Wildman–Crippen MR) is 357 cm³/mol. The smallest absolute Gasteiger partial charge is 0.259 e. The average molecular weight is 1100 g/mol. The molecule has 4 heterocycles. The molecule has 0 saturated carbocycles. The van der Waals surface area contributed by atoms with E-state index in [1.54, 1.807) is 0 Å². The van der Waals surface area contributed by atoms with Gasteiger partial charge >= 0.3 is 0 Å². The summed E-state index contributed by atoms with van der Waals surface area (Å²) in [6.07, 6.45) is 0. The van der Waals surface area contributed by atoms with Crippen molar-refractivity contribution >= 4 is 148 Å². The zero-order chi connectivity index (χ0) is 55.5. The largest absolute Gasteiger partial charge is 0.456 e. The first-order chi connectivity index (χ1) is 41.0. The molecule has 0 aliphatic carbocycles. The van der Waals surface area contributed by atoms with E-state index in [-0.39, 0.29) is 13.4 Å². The first kappa shape index (κ1) is 50.1. The molecule has 12 aromatic rings. The first-order valence-corrected chi connectivity index (χ1v) is 29.4. The summed E-state index contributed by atoms with van der Waals surface area (Å²) in [5, 5.41) is 1.22. The van der Waals surface area contributed by atoms with Crippen LogP contribution < -0.4 is 50.4 Å². The number of para-hydroxylation sites is 8. The van der Waals surface area contributed by atoms with Crippen molar-refractivity contribution in [1.82, 2.24) is 0 Å². The Hall–Kier alpha value is -9.86. The number of rotatable bonds is 12. The number of ether oxygens (including phenoxy) is 1. The number of thiophene rings is 1. The molecule has 11 aromatic carbocycles. The quantitative estimate of drug-likeness (QED) is 0.0744. The summed E-state index contributed by atoms with van der Waals surface area (Å²) in [7, 11) is 0. The van der Waals surface area contributed by atoms with Crippen molar-refractivity contribution < 1.29 is 4.74 Å². The maximum Gasteiger partial charge on any atom is 0.259 e. The fourth-order valence-electron chi connectivity index (χ4n) is 12.7. The highest BCUT2D eigenvalue weighted by molar-refractivity contribution is 7.87. The fraction of sp³-hybridized carbons (Fsp3) is 0.0137. The lowest BCUT2D eigenvalue weighted by molar-refractivity contribution is 0.440. The Morgan fingerprint density at radius 3 is 1.37 bits per heavy atom. The van der Waals surface area contributed by atoms with E-state index in [0.29, 0.717) is 11.5 Å². The third-order valence-electron chi connectivity index (χ3n) is 16.2. The van der Waals surface area contributed by atoms with Crippen LogP contribution in [0.5, 0.6) is 5.75 Å². The molecule has 0 N–H and O–H groups in total. The SMILES string of the molecule is C=C(Oc1cc(N(c2ccccc2)c2ccccc2)cc2c1B(C)c1sc3ccccc3c1N2c1ccccc1)C1=C(S)B2c3ccccc3N(c3ccccc3)c3cc(N(c4ccccc4)c4ccccc4)cc(c32)N1c1ccccc1. The molecular weight excluding hydrogens is 1050 g/mol. The molecule has 83 heavy (non-hydrogen) atoms. The highest BCUT2D eigenvalue weighted by Gasteiger charge is 2.46. The van der Waals surface area contributed by atoms with Crippen molar-refractivity contribution in [3.8, 4) is 5.75 Å². The lowest BCUT2D eigenvalue weighted by atomic mass is 9.36. The molecule has 0 unspecified atom stereocenters. The van der Waals surface area contributed by atoms with Crippen molar-refractivity contribution in [1.29, 1.82) is 0 Å². The Morgan fingerprint density at radius 2 is 0.843 bits per heavy atom. The van der Waals surface area contributed by atoms with E-state index >= 15 is 0 Å². The maximum atomic E-state index is 7.82. The summed E-state index contributed by atoms with van der Waals surface area (Å²) in [5.41, 5.74) is 18.6. The van der Waals surface area contributed by atoms with Crippen LogP contribution in [0.1, 0.15) is 0 Å². The van der Waals surface area contributed by atoms with Gasteiger partial charge in [0.2, 0.25) is 6.71 Å². The van der Waals surface area contributed by atoms with Gasteiger partial charge in [-0.2, -0.15) is 12.6 Å². The van der Waals surface area contributed by atoms with Crippen LogP contribution in [-0.4, -0.2) is 13.4 Å². The van der Waals surface area contributed by atoms with Gasteiger partial charge < -0.3 is 29.2 Å². The zero-order valence-corrected chi connectivity index (χ0v) is 47.2. The second kappa shape index (κ2) is 20.9. The van der Waals surface area contributed by atoms with Crippen molar-refractivity contribution in [3.05, 3.63) is 308 Å². The minimum Gasteiger partial charge on any atom is -0.456 e. The van der Waals surface area contributed by atoms with Crippen LogP contribution >= 0.6 is 24.0 Å². The Bertz CT molecular complexity index is 4360. The van der Waals surface area contributed by atoms with Crippen LogP contribution in [0.15, 0.2) is 308 Å². The molecule has 3 aliphatic heterocycles. The van der Waals surface area contributed by atoms with E-state index in [1.807, 2.05) is 11.3 Å². The summed E-state index contributed by atoms with van der Waals surface area (Å²) in [5.74, 6) is 1.17. The van der Waals surface area contributed by atoms with E-state index in [2.05, 4.69) is 316 Å². The lowest BCUT2D eigenvalue weighted by Gasteiger charge is -2.45. The zero-order valence-electron chi connectivity index (χ0n) is 45.5. The van der Waals surface area contributed by atoms with Crippen LogP contribution in [-0.2, 0) is 0 Å². The predicted octanol–water partition coefficient (Wildman–Crippen LogP) is 17.7. The third kappa shape index (κ3) is 8.52. The highest BCUT2D eigenvalue weighted by atomic mass is 32.1. The summed E-state index contributed by atoms with van der Waals surface area (Å²) in [6, 6.07) is 102. The maximum absolute atomic E-state index is 7.82. The van der Waals surface area contributed by atoms with Gasteiger partial charge in [0.1, 0.15) is 11.5 Å². The minimum absolute atomic E-state index is 0.0702. The second-order valence-electron chi connectivity index (χ2n) is 21.1. The highest BCUT2D eigenvalue weighted by Crippen LogP contribution is 2.52. The molecule has 6 nitrogen and oxygen atoms in total. The Labute approximate surface area is 494 Å². The molecule has 0 atom stereocenters. The van der Waals surface area contributed by atoms with E-state index in [0.717, 1.165) is 101 Å². The molecule has 0 bridgehead atoms. The van der Waals surface area contributed by atoms with Gasteiger partial charge in [0, 0.05) is 83.5 Å². The topological polar surface area (TPSA) is 25.4 Å². The lowest BCUT2D eigenvalue weighted by Crippen LogP contribution is -2.55. The van der Waals surface area contributed by atoms with E-state index in [4.69, 9.17) is 23.9 Å². The molecule has 3 aliphatic rings. The first-order valence-electron chi connectivity index (χ1n) is 28.1. The van der Waals surface area contributed by atoms with Gasteiger partial charge in [0.15, 0.2) is 0 Å². The van der Waals surface area contributed by atoms with Gasteiger partial charge in [-0.15, -0.1) is 11.3 Å². The van der Waals surface area contributed by atoms with Gasteiger partial charge in [-0.05, 0) is 136 Å². The average Bonchev–Trinajstić information content (AvgIpc) is 3.32. The third-order valence-corrected chi connectivity index (χ3v) is 18.0. The monoisotopic (exact) mass is 1100 g/mol. The van der Waals surface area contributed by atoms with Crippen LogP contribution in [0.3, 0.4) is 0 Å². The van der Waals surface area contributed by atoms with Crippen LogP contribution in [0.2, 0.25) is 6.82 Å². The number of hydrogen-bond donors (Lipinski definition) is 1. The molecule has 10 heteroatoms.